The quantitative estimate of drug-likeness (QED) is 0.191. The van der Waals surface area contributed by atoms with Gasteiger partial charge in [0.15, 0.2) is 0 Å². The van der Waals surface area contributed by atoms with Crippen LogP contribution in [0.4, 0.5) is 36.3 Å². The predicted molar refractivity (Wildman–Crippen MR) is 215 cm³/mol. The van der Waals surface area contributed by atoms with Crippen LogP contribution in [0, 0.1) is 12.8 Å². The molecule has 1 aliphatic carbocycles. The van der Waals surface area contributed by atoms with E-state index in [2.05, 4.69) is 35.1 Å². The van der Waals surface area contributed by atoms with Crippen molar-refractivity contribution in [3.63, 3.8) is 0 Å². The van der Waals surface area contributed by atoms with Gasteiger partial charge in [0.25, 0.3) is 0 Å². The molecule has 13 nitrogen and oxygen atoms in total. The van der Waals surface area contributed by atoms with Crippen LogP contribution >= 0.6 is 11.6 Å². The average molecular weight is 845 g/mol. The normalized spacial score (nSPS) is 24.8. The summed E-state index contributed by atoms with van der Waals surface area (Å²) in [6.45, 7) is 7.91. The van der Waals surface area contributed by atoms with Crippen molar-refractivity contribution < 1.29 is 36.3 Å². The van der Waals surface area contributed by atoms with Crippen LogP contribution in [0.25, 0.3) is 0 Å². The molecule has 18 heteroatoms. The van der Waals surface area contributed by atoms with Crippen LogP contribution in [0.15, 0.2) is 59.6 Å². The fourth-order valence-corrected chi connectivity index (χ4v) is 10.0. The molecule has 7 rings (SSSR count). The molecule has 1 saturated carbocycles. The number of nitrogens with zero attached hydrogens (tertiary/aromatic N) is 5. The Morgan fingerprint density at radius 3 is 2.41 bits per heavy atom. The molecule has 1 aromatic heterocycles. The van der Waals surface area contributed by atoms with Crippen molar-refractivity contribution in [3.05, 3.63) is 76.5 Å². The topological polar surface area (TPSA) is 160 Å². The maximum absolute atomic E-state index is 13.9. The molecule has 58 heavy (non-hydrogen) atoms. The van der Waals surface area contributed by atoms with Gasteiger partial charge in [0.2, 0.25) is 27.8 Å². The third-order valence-electron chi connectivity index (χ3n) is 11.5. The molecule has 0 radical (unpaired) electrons. The van der Waals surface area contributed by atoms with E-state index in [1.807, 2.05) is 18.2 Å². The summed E-state index contributed by atoms with van der Waals surface area (Å²) in [5.74, 6) is -1.38. The zero-order valence-corrected chi connectivity index (χ0v) is 33.9. The molecule has 4 aliphatic rings. The number of rotatable bonds is 10. The number of halogens is 4. The van der Waals surface area contributed by atoms with Crippen LogP contribution in [0.2, 0.25) is 5.02 Å². The number of alkyl halides is 3. The van der Waals surface area contributed by atoms with Crippen molar-refractivity contribution in [3.8, 4) is 0 Å². The number of amides is 2. The SMILES string of the molecule is Cc1cc(S(=O)(=O)NC2CCC(CN3CCN(c4ccc([C@H]5C=CC(=O)NC5=O)c(Cl)c4)CC3)CC2)ccc1Nc1ncc(C(F)(F)F)c(N2CCC[C@](C)(O)C2)n1. The van der Waals surface area contributed by atoms with Gasteiger partial charge in [0.1, 0.15) is 11.4 Å². The molecule has 3 fully saturated rings. The average Bonchev–Trinajstić information content (AvgIpc) is 3.16. The van der Waals surface area contributed by atoms with E-state index in [-0.39, 0.29) is 29.2 Å². The summed E-state index contributed by atoms with van der Waals surface area (Å²) in [4.78, 5) is 38.1. The summed E-state index contributed by atoms with van der Waals surface area (Å²) in [7, 11) is -3.85. The van der Waals surface area contributed by atoms with E-state index in [1.165, 1.54) is 23.1 Å². The number of piperazine rings is 1. The molecule has 3 aliphatic heterocycles. The first kappa shape index (κ1) is 41.9. The molecule has 2 aromatic carbocycles. The van der Waals surface area contributed by atoms with E-state index < -0.39 is 45.1 Å². The van der Waals surface area contributed by atoms with Crippen molar-refractivity contribution >= 4 is 56.6 Å². The minimum Gasteiger partial charge on any atom is -0.388 e. The van der Waals surface area contributed by atoms with Crippen molar-refractivity contribution in [1.29, 1.82) is 0 Å². The van der Waals surface area contributed by atoms with Gasteiger partial charge in [0.05, 0.1) is 16.4 Å². The molecule has 4 N–H and O–H groups in total. The van der Waals surface area contributed by atoms with Gasteiger partial charge >= 0.3 is 6.18 Å². The summed E-state index contributed by atoms with van der Waals surface area (Å²) in [6, 6.07) is 9.99. The lowest BCUT2D eigenvalue weighted by molar-refractivity contribution is -0.137. The number of carbonyl (C=O) groups is 2. The Hall–Kier alpha value is -4.29. The van der Waals surface area contributed by atoms with E-state index in [4.69, 9.17) is 11.6 Å². The lowest BCUT2D eigenvalue weighted by Gasteiger charge is -2.39. The molecular formula is C40H48ClF3N8O5S. The number of carbonyl (C=O) groups excluding carboxylic acids is 2. The van der Waals surface area contributed by atoms with Gasteiger partial charge in [-0.2, -0.15) is 18.2 Å². The first-order chi connectivity index (χ1) is 27.4. The van der Waals surface area contributed by atoms with Gasteiger partial charge in [-0.15, -0.1) is 0 Å². The van der Waals surface area contributed by atoms with Gasteiger partial charge in [-0.3, -0.25) is 19.8 Å². The number of sulfonamides is 1. The maximum Gasteiger partial charge on any atom is 0.421 e. The monoisotopic (exact) mass is 844 g/mol. The van der Waals surface area contributed by atoms with Crippen LogP contribution in [0.1, 0.15) is 68.1 Å². The zero-order valence-electron chi connectivity index (χ0n) is 32.4. The number of nitrogens with one attached hydrogen (secondary N) is 3. The van der Waals surface area contributed by atoms with Gasteiger partial charge in [-0.1, -0.05) is 23.7 Å². The first-order valence-corrected chi connectivity index (χ1v) is 21.4. The van der Waals surface area contributed by atoms with Crippen LogP contribution in [-0.2, 0) is 25.8 Å². The fourth-order valence-electron chi connectivity index (χ4n) is 8.36. The number of anilines is 4. The van der Waals surface area contributed by atoms with Crippen LogP contribution in [-0.4, -0.2) is 97.7 Å². The van der Waals surface area contributed by atoms with Gasteiger partial charge in [-0.05, 0) is 99.7 Å². The molecule has 0 bridgehead atoms. The van der Waals surface area contributed by atoms with Gasteiger partial charge in [-0.25, -0.2) is 18.1 Å². The second-order valence-corrected chi connectivity index (χ2v) is 18.2. The molecular weight excluding hydrogens is 797 g/mol. The Bertz CT molecular complexity index is 2170. The Morgan fingerprint density at radius 1 is 1.02 bits per heavy atom. The summed E-state index contributed by atoms with van der Waals surface area (Å²) >= 11 is 6.60. The molecule has 4 heterocycles. The second kappa shape index (κ2) is 16.8. The number of imide groups is 1. The van der Waals surface area contributed by atoms with Gasteiger partial charge in [0, 0.05) is 80.5 Å². The van der Waals surface area contributed by atoms with E-state index in [0.29, 0.717) is 47.1 Å². The molecule has 312 valence electrons. The minimum absolute atomic E-state index is 0.00582. The molecule has 2 amide bonds. The Balaban J connectivity index is 0.894. The molecule has 0 spiro atoms. The minimum atomic E-state index is -4.69. The number of aryl methyl sites for hydroxylation is 1. The number of aromatic nitrogens is 2. The fraction of sp³-hybridized carbons (Fsp3) is 0.500. The van der Waals surface area contributed by atoms with Crippen LogP contribution in [0.3, 0.4) is 0 Å². The third-order valence-corrected chi connectivity index (χ3v) is 13.4. The summed E-state index contributed by atoms with van der Waals surface area (Å²) < 4.78 is 71.6. The number of benzene rings is 2. The van der Waals surface area contributed by atoms with Crippen LogP contribution in [0.5, 0.6) is 0 Å². The number of aliphatic hydroxyl groups is 1. The Morgan fingerprint density at radius 2 is 1.76 bits per heavy atom. The largest absolute Gasteiger partial charge is 0.421 e. The van der Waals surface area contributed by atoms with Crippen molar-refractivity contribution in [1.82, 2.24) is 24.9 Å². The van der Waals surface area contributed by atoms with Crippen molar-refractivity contribution in [2.24, 2.45) is 5.92 Å². The van der Waals surface area contributed by atoms with Gasteiger partial charge < -0.3 is 20.2 Å². The maximum atomic E-state index is 13.9. The molecule has 0 unspecified atom stereocenters. The lowest BCUT2D eigenvalue weighted by Crippen LogP contribution is -2.48. The highest BCUT2D eigenvalue weighted by atomic mass is 35.5. The highest BCUT2D eigenvalue weighted by Crippen LogP contribution is 2.38. The zero-order chi connectivity index (χ0) is 41.4. The number of hydrogen-bond donors (Lipinski definition) is 4. The lowest BCUT2D eigenvalue weighted by atomic mass is 9.86. The van der Waals surface area contributed by atoms with E-state index >= 15 is 0 Å². The van der Waals surface area contributed by atoms with E-state index in [0.717, 1.165) is 70.3 Å². The van der Waals surface area contributed by atoms with Crippen LogP contribution < -0.4 is 25.2 Å². The number of hydrogen-bond acceptors (Lipinski definition) is 11. The summed E-state index contributed by atoms with van der Waals surface area (Å²) in [6.07, 6.45) is 3.14. The molecule has 2 saturated heterocycles. The molecule has 3 aromatic rings. The smallest absolute Gasteiger partial charge is 0.388 e. The number of β-amino-alcohol motifs (C(OH)–C–C–N with tert-alkyl or cyclic N) is 1. The predicted octanol–water partition coefficient (Wildman–Crippen LogP) is 5.51. The summed E-state index contributed by atoms with van der Waals surface area (Å²) in [5, 5.41) is 16.3. The second-order valence-electron chi connectivity index (χ2n) is 16.1. The summed E-state index contributed by atoms with van der Waals surface area (Å²) in [5.41, 5.74) is 0.468. The van der Waals surface area contributed by atoms with Crippen molar-refractivity contribution in [2.45, 2.75) is 81.0 Å². The highest BCUT2D eigenvalue weighted by Gasteiger charge is 2.39. The Labute approximate surface area is 341 Å². The van der Waals surface area contributed by atoms with Crippen molar-refractivity contribution in [2.75, 3.05) is 60.9 Å². The standard InChI is InChI=1S/C40H48ClF3N8O5S/c1-25-20-29(9-12-34(25)46-38-45-22-32(40(42,43)44)36(48-38)52-15-3-14-39(2,55)24-52)58(56,57)49-27-6-4-26(5-7-27)23-50-16-18-51(19-17-50)28-8-10-30(33(41)21-28)31-11-13-35(53)47-37(31)54/h8-13,20-22,26-27,31,49,55H,3-7,14-19,23-24H2,1-2H3,(H,45,46,48)(H,47,53,54)/t26?,27?,31-,39+/m1/s1. The highest BCUT2D eigenvalue weighted by molar-refractivity contribution is 7.89. The third kappa shape index (κ3) is 9.76. The Kier molecular flexibility index (Phi) is 12.1. The van der Waals surface area contributed by atoms with E-state index in [9.17, 15) is 36.3 Å². The number of piperidine rings is 1. The first-order valence-electron chi connectivity index (χ1n) is 19.6. The van der Waals surface area contributed by atoms with E-state index in [1.54, 1.807) is 26.0 Å². The molecule has 2 atom stereocenters.